The number of hydrogen-bond donors (Lipinski definition) is 3. The number of ether oxygens (including phenoxy) is 1. The summed E-state index contributed by atoms with van der Waals surface area (Å²) in [4.78, 5) is 20.6. The Bertz CT molecular complexity index is 1030. The molecule has 0 spiro atoms. The first-order valence-electron chi connectivity index (χ1n) is 9.86. The first-order chi connectivity index (χ1) is 13.4. The summed E-state index contributed by atoms with van der Waals surface area (Å²) in [6.45, 7) is 8.63. The van der Waals surface area contributed by atoms with Gasteiger partial charge in [-0.25, -0.2) is 0 Å². The second-order valence-electron chi connectivity index (χ2n) is 8.54. The molecule has 4 N–H and O–H groups in total. The summed E-state index contributed by atoms with van der Waals surface area (Å²) in [5.41, 5.74) is 8.51. The fraction of sp³-hybridized carbons (Fsp3) is 0.409. The molecular weight excluding hydrogens is 352 g/mol. The molecule has 0 unspecified atom stereocenters. The third kappa shape index (κ3) is 4.07. The first kappa shape index (κ1) is 18.6. The number of nitrogens with one attached hydrogen (secondary N) is 2. The molecule has 0 aliphatic carbocycles. The minimum Gasteiger partial charge on any atom is -0.493 e. The lowest BCUT2D eigenvalue weighted by atomic mass is 9.94. The van der Waals surface area contributed by atoms with Gasteiger partial charge < -0.3 is 25.3 Å². The molecule has 0 amide bonds. The SMILES string of the molecule is CC(C)(COc1ccc2[nH]c(-c3cc(N)c[nH]c3=O)cc2c1)CN1CCCC1. The van der Waals surface area contributed by atoms with Gasteiger partial charge in [-0.2, -0.15) is 0 Å². The summed E-state index contributed by atoms with van der Waals surface area (Å²) in [5, 5.41) is 1.01. The van der Waals surface area contributed by atoms with Crippen LogP contribution in [-0.4, -0.2) is 41.1 Å². The van der Waals surface area contributed by atoms with E-state index in [1.165, 1.54) is 32.1 Å². The number of H-pyrrole nitrogens is 2. The van der Waals surface area contributed by atoms with Crippen molar-refractivity contribution < 1.29 is 4.74 Å². The topological polar surface area (TPSA) is 87.1 Å². The Balaban J connectivity index is 1.50. The third-order valence-corrected chi connectivity index (χ3v) is 5.29. The van der Waals surface area contributed by atoms with E-state index in [1.54, 1.807) is 6.07 Å². The first-order valence-corrected chi connectivity index (χ1v) is 9.86. The van der Waals surface area contributed by atoms with Gasteiger partial charge in [0.05, 0.1) is 17.9 Å². The van der Waals surface area contributed by atoms with Gasteiger partial charge in [0.25, 0.3) is 5.56 Å². The molecule has 3 aromatic rings. The Labute approximate surface area is 164 Å². The van der Waals surface area contributed by atoms with Gasteiger partial charge in [-0.05, 0) is 56.3 Å². The smallest absolute Gasteiger partial charge is 0.257 e. The monoisotopic (exact) mass is 380 g/mol. The van der Waals surface area contributed by atoms with Crippen molar-refractivity contribution in [1.29, 1.82) is 0 Å². The van der Waals surface area contributed by atoms with E-state index in [9.17, 15) is 4.79 Å². The number of nitrogens with two attached hydrogens (primary N) is 1. The van der Waals surface area contributed by atoms with E-state index in [0.29, 0.717) is 17.9 Å². The molecule has 0 bridgehead atoms. The number of pyridine rings is 1. The second-order valence-corrected chi connectivity index (χ2v) is 8.54. The average molecular weight is 380 g/mol. The largest absolute Gasteiger partial charge is 0.493 e. The Morgan fingerprint density at radius 1 is 1.18 bits per heavy atom. The van der Waals surface area contributed by atoms with Crippen LogP contribution in [0.4, 0.5) is 5.69 Å². The summed E-state index contributed by atoms with van der Waals surface area (Å²) < 4.78 is 6.12. The van der Waals surface area contributed by atoms with E-state index in [4.69, 9.17) is 10.5 Å². The van der Waals surface area contributed by atoms with E-state index >= 15 is 0 Å². The number of likely N-dealkylation sites (tertiary alicyclic amines) is 1. The molecular formula is C22H28N4O2. The van der Waals surface area contributed by atoms with Gasteiger partial charge in [0.2, 0.25) is 0 Å². The third-order valence-electron chi connectivity index (χ3n) is 5.29. The lowest BCUT2D eigenvalue weighted by Crippen LogP contribution is -2.36. The van der Waals surface area contributed by atoms with Gasteiger partial charge in [-0.1, -0.05) is 13.8 Å². The van der Waals surface area contributed by atoms with Crippen LogP contribution in [0.2, 0.25) is 0 Å². The summed E-state index contributed by atoms with van der Waals surface area (Å²) >= 11 is 0. The quantitative estimate of drug-likeness (QED) is 0.610. The minimum atomic E-state index is -0.166. The molecule has 1 aliphatic heterocycles. The molecule has 148 valence electrons. The van der Waals surface area contributed by atoms with Crippen LogP contribution < -0.4 is 16.0 Å². The van der Waals surface area contributed by atoms with Crippen molar-refractivity contribution in [3.63, 3.8) is 0 Å². The second kappa shape index (κ2) is 7.36. The van der Waals surface area contributed by atoms with Gasteiger partial charge in [0.15, 0.2) is 0 Å². The number of hydrogen-bond acceptors (Lipinski definition) is 4. The highest BCUT2D eigenvalue weighted by atomic mass is 16.5. The van der Waals surface area contributed by atoms with E-state index in [0.717, 1.165) is 28.9 Å². The van der Waals surface area contributed by atoms with Gasteiger partial charge in [0.1, 0.15) is 5.75 Å². The van der Waals surface area contributed by atoms with Crippen LogP contribution >= 0.6 is 0 Å². The van der Waals surface area contributed by atoms with E-state index in [-0.39, 0.29) is 11.0 Å². The van der Waals surface area contributed by atoms with E-state index < -0.39 is 0 Å². The molecule has 6 heteroatoms. The molecule has 28 heavy (non-hydrogen) atoms. The lowest BCUT2D eigenvalue weighted by Gasteiger charge is -2.29. The summed E-state index contributed by atoms with van der Waals surface area (Å²) in [6, 6.07) is 9.62. The molecule has 1 fully saturated rings. The fourth-order valence-electron chi connectivity index (χ4n) is 3.92. The number of nitrogen functional groups attached to an aromatic ring is 1. The van der Waals surface area contributed by atoms with E-state index in [2.05, 4.69) is 28.7 Å². The lowest BCUT2D eigenvalue weighted by molar-refractivity contribution is 0.129. The fourth-order valence-corrected chi connectivity index (χ4v) is 3.92. The zero-order valence-electron chi connectivity index (χ0n) is 16.5. The number of rotatable bonds is 6. The maximum absolute atomic E-state index is 12.1. The van der Waals surface area contributed by atoms with Crippen LogP contribution in [0.5, 0.6) is 5.75 Å². The zero-order valence-corrected chi connectivity index (χ0v) is 16.5. The van der Waals surface area contributed by atoms with Crippen molar-refractivity contribution in [2.24, 2.45) is 5.41 Å². The average Bonchev–Trinajstić information content (AvgIpc) is 3.30. The standard InChI is InChI=1S/C22H28N4O2/c1-22(2,13-26-7-3-4-8-26)14-28-17-5-6-19-15(9-17)10-20(25-19)18-11-16(23)12-24-21(18)27/h5-6,9-12,25H,3-4,7-8,13-14,23H2,1-2H3,(H,24,27). The Hall–Kier alpha value is -2.73. The van der Waals surface area contributed by atoms with Crippen molar-refractivity contribution in [2.45, 2.75) is 26.7 Å². The van der Waals surface area contributed by atoms with Gasteiger partial charge in [0, 0.05) is 34.7 Å². The van der Waals surface area contributed by atoms with Crippen molar-refractivity contribution in [3.05, 3.63) is 46.9 Å². The number of aromatic amines is 2. The number of fused-ring (bicyclic) bond motifs is 1. The van der Waals surface area contributed by atoms with Crippen LogP contribution in [0, 0.1) is 5.41 Å². The summed E-state index contributed by atoms with van der Waals surface area (Å²) in [6.07, 6.45) is 4.11. The molecule has 2 aromatic heterocycles. The van der Waals surface area contributed by atoms with Gasteiger partial charge in [-0.15, -0.1) is 0 Å². The number of nitrogens with zero attached hydrogens (tertiary/aromatic N) is 1. The molecule has 1 aromatic carbocycles. The van der Waals surface area contributed by atoms with Gasteiger partial charge >= 0.3 is 0 Å². The highest BCUT2D eigenvalue weighted by Gasteiger charge is 2.24. The van der Waals surface area contributed by atoms with Crippen LogP contribution in [0.1, 0.15) is 26.7 Å². The molecule has 0 atom stereocenters. The van der Waals surface area contributed by atoms with Crippen LogP contribution in [0.25, 0.3) is 22.2 Å². The Morgan fingerprint density at radius 3 is 2.75 bits per heavy atom. The molecule has 1 saturated heterocycles. The molecule has 3 heterocycles. The number of aromatic nitrogens is 2. The highest BCUT2D eigenvalue weighted by Crippen LogP contribution is 2.28. The van der Waals surface area contributed by atoms with Crippen LogP contribution in [-0.2, 0) is 0 Å². The predicted octanol–water partition coefficient (Wildman–Crippen LogP) is 3.61. The highest BCUT2D eigenvalue weighted by molar-refractivity contribution is 5.87. The summed E-state index contributed by atoms with van der Waals surface area (Å²) in [5.74, 6) is 0.842. The Morgan fingerprint density at radius 2 is 1.96 bits per heavy atom. The Kier molecular flexibility index (Phi) is 4.89. The van der Waals surface area contributed by atoms with Crippen molar-refractivity contribution in [2.75, 3.05) is 32.0 Å². The molecule has 6 nitrogen and oxygen atoms in total. The van der Waals surface area contributed by atoms with Gasteiger partial charge in [-0.3, -0.25) is 4.79 Å². The predicted molar refractivity (Wildman–Crippen MR) is 114 cm³/mol. The molecule has 4 rings (SSSR count). The maximum atomic E-state index is 12.1. The molecule has 0 radical (unpaired) electrons. The molecule has 1 aliphatic rings. The normalized spacial score (nSPS) is 15.4. The summed E-state index contributed by atoms with van der Waals surface area (Å²) in [7, 11) is 0. The molecule has 0 saturated carbocycles. The minimum absolute atomic E-state index is 0.0947. The van der Waals surface area contributed by atoms with Crippen LogP contribution in [0.15, 0.2) is 41.3 Å². The zero-order chi connectivity index (χ0) is 19.7. The van der Waals surface area contributed by atoms with Crippen LogP contribution in [0.3, 0.4) is 0 Å². The van der Waals surface area contributed by atoms with Crippen molar-refractivity contribution >= 4 is 16.6 Å². The number of benzene rings is 1. The maximum Gasteiger partial charge on any atom is 0.257 e. The van der Waals surface area contributed by atoms with E-state index in [1.807, 2.05) is 24.3 Å². The number of anilines is 1. The van der Waals surface area contributed by atoms with Crippen molar-refractivity contribution in [3.8, 4) is 17.0 Å². The van der Waals surface area contributed by atoms with Crippen molar-refractivity contribution in [1.82, 2.24) is 14.9 Å².